The van der Waals surface area contributed by atoms with Crippen molar-refractivity contribution in [2.45, 2.75) is 13.5 Å². The number of thiazole rings is 1. The fourth-order valence-electron chi connectivity index (χ4n) is 3.59. The largest absolute Gasteiger partial charge is 0.460 e. The van der Waals surface area contributed by atoms with Crippen molar-refractivity contribution < 1.29 is 9.21 Å². The molecule has 3 aromatic heterocycles. The molecule has 4 aromatic rings. The number of furan rings is 1. The first kappa shape index (κ1) is 18.1. The second kappa shape index (κ2) is 7.46. The van der Waals surface area contributed by atoms with Crippen molar-refractivity contribution in [1.82, 2.24) is 25.0 Å². The van der Waals surface area contributed by atoms with Gasteiger partial charge in [-0.05, 0) is 31.2 Å². The molecule has 0 atom stereocenters. The van der Waals surface area contributed by atoms with Crippen LogP contribution in [0.15, 0.2) is 46.9 Å². The van der Waals surface area contributed by atoms with Crippen LogP contribution in [0.25, 0.3) is 21.7 Å². The Morgan fingerprint density at radius 2 is 2.00 bits per heavy atom. The highest BCUT2D eigenvalue weighted by Gasteiger charge is 2.25. The Balaban J connectivity index is 1.20. The second-order valence-corrected chi connectivity index (χ2v) is 8.34. The van der Waals surface area contributed by atoms with Gasteiger partial charge in [0.25, 0.3) is 5.91 Å². The Hall–Kier alpha value is -2.97. The topological polar surface area (TPSA) is 78.3 Å². The molecule has 0 aliphatic carbocycles. The Bertz CT molecular complexity index is 1120. The minimum absolute atomic E-state index is 0.0459. The van der Waals surface area contributed by atoms with Crippen LogP contribution in [0.5, 0.6) is 0 Å². The summed E-state index contributed by atoms with van der Waals surface area (Å²) in [5, 5.41) is 8.21. The lowest BCUT2D eigenvalue weighted by atomic mass is 10.2. The lowest BCUT2D eigenvalue weighted by molar-refractivity contribution is 0.0622. The highest BCUT2D eigenvalue weighted by Crippen LogP contribution is 2.24. The summed E-state index contributed by atoms with van der Waals surface area (Å²) < 4.78 is 6.81. The van der Waals surface area contributed by atoms with E-state index >= 15 is 0 Å². The number of nitrogens with zero attached hydrogens (tertiary/aromatic N) is 4. The number of H-pyrrole nitrogens is 1. The third-order valence-electron chi connectivity index (χ3n) is 5.16. The molecule has 4 heterocycles. The molecule has 0 radical (unpaired) electrons. The number of aryl methyl sites for hydroxylation is 1. The quantitative estimate of drug-likeness (QED) is 0.560. The number of nitrogens with one attached hydrogen (secondary N) is 1. The Labute approximate surface area is 172 Å². The summed E-state index contributed by atoms with van der Waals surface area (Å²) >= 11 is 1.74. The molecule has 1 aromatic carbocycles. The molecule has 8 heteroatoms. The number of para-hydroxylation sites is 1. The van der Waals surface area contributed by atoms with Gasteiger partial charge in [0.1, 0.15) is 16.5 Å². The van der Waals surface area contributed by atoms with Crippen LogP contribution in [-0.4, -0.2) is 57.1 Å². The molecule has 0 spiro atoms. The Morgan fingerprint density at radius 1 is 1.17 bits per heavy atom. The monoisotopic (exact) mass is 407 g/mol. The van der Waals surface area contributed by atoms with Gasteiger partial charge in [-0.1, -0.05) is 12.1 Å². The van der Waals surface area contributed by atoms with Crippen LogP contribution in [0.1, 0.15) is 21.3 Å². The molecule has 1 aliphatic rings. The summed E-state index contributed by atoms with van der Waals surface area (Å²) in [6.07, 6.45) is 0. The van der Waals surface area contributed by atoms with E-state index in [0.717, 1.165) is 41.6 Å². The molecule has 5 rings (SSSR count). The summed E-state index contributed by atoms with van der Waals surface area (Å²) in [5.41, 5.74) is 2.20. The van der Waals surface area contributed by atoms with Crippen LogP contribution in [0.3, 0.4) is 0 Å². The molecule has 29 heavy (non-hydrogen) atoms. The van der Waals surface area contributed by atoms with E-state index in [9.17, 15) is 4.79 Å². The standard InChI is InChI=1S/C21H21N5O2S/c1-14-6-7-18(28-14)16-12-17(24-23-16)21(27)26-10-8-25(9-11-26)13-20-22-15-4-2-3-5-19(15)29-20/h2-7,12H,8-11,13H2,1H3,(H,23,24). The van der Waals surface area contributed by atoms with Gasteiger partial charge in [0, 0.05) is 32.2 Å². The van der Waals surface area contributed by atoms with Gasteiger partial charge >= 0.3 is 0 Å². The van der Waals surface area contributed by atoms with Gasteiger partial charge in [0.15, 0.2) is 11.5 Å². The van der Waals surface area contributed by atoms with Gasteiger partial charge in [-0.15, -0.1) is 11.3 Å². The number of aromatic amines is 1. The van der Waals surface area contributed by atoms with Crippen molar-refractivity contribution in [2.24, 2.45) is 0 Å². The van der Waals surface area contributed by atoms with Crippen molar-refractivity contribution in [3.8, 4) is 11.5 Å². The summed E-state index contributed by atoms with van der Waals surface area (Å²) in [6, 6.07) is 13.7. The molecule has 0 unspecified atom stereocenters. The smallest absolute Gasteiger partial charge is 0.274 e. The lowest BCUT2D eigenvalue weighted by Crippen LogP contribution is -2.48. The summed E-state index contributed by atoms with van der Waals surface area (Å²) in [7, 11) is 0. The number of hydrogen-bond acceptors (Lipinski definition) is 6. The average molecular weight is 407 g/mol. The fourth-order valence-corrected chi connectivity index (χ4v) is 4.60. The van der Waals surface area contributed by atoms with Gasteiger partial charge < -0.3 is 9.32 Å². The van der Waals surface area contributed by atoms with E-state index in [2.05, 4.69) is 21.2 Å². The molecule has 7 nitrogen and oxygen atoms in total. The van der Waals surface area contributed by atoms with Crippen LogP contribution < -0.4 is 0 Å². The molecular formula is C21H21N5O2S. The van der Waals surface area contributed by atoms with Crippen LogP contribution in [-0.2, 0) is 6.54 Å². The maximum absolute atomic E-state index is 12.8. The van der Waals surface area contributed by atoms with Crippen molar-refractivity contribution in [1.29, 1.82) is 0 Å². The van der Waals surface area contributed by atoms with Crippen molar-refractivity contribution >= 4 is 27.5 Å². The van der Waals surface area contributed by atoms with Gasteiger partial charge in [-0.3, -0.25) is 14.8 Å². The Morgan fingerprint density at radius 3 is 2.76 bits per heavy atom. The molecule has 1 amide bonds. The summed E-state index contributed by atoms with van der Waals surface area (Å²) in [4.78, 5) is 21.7. The number of carbonyl (C=O) groups is 1. The summed E-state index contributed by atoms with van der Waals surface area (Å²) in [6.45, 7) is 5.75. The van der Waals surface area contributed by atoms with Gasteiger partial charge in [-0.2, -0.15) is 5.10 Å². The SMILES string of the molecule is Cc1ccc(-c2cc(C(=O)N3CCN(Cc4nc5ccccc5s4)CC3)n[nH]2)o1. The number of piperazine rings is 1. The van der Waals surface area contributed by atoms with Gasteiger partial charge in [0.05, 0.1) is 16.8 Å². The van der Waals surface area contributed by atoms with E-state index < -0.39 is 0 Å². The third-order valence-corrected chi connectivity index (χ3v) is 6.18. The number of rotatable bonds is 4. The summed E-state index contributed by atoms with van der Waals surface area (Å²) in [5.74, 6) is 1.47. The van der Waals surface area contributed by atoms with Crippen molar-refractivity contribution in [3.63, 3.8) is 0 Å². The van der Waals surface area contributed by atoms with E-state index in [0.29, 0.717) is 24.5 Å². The van der Waals surface area contributed by atoms with Crippen molar-refractivity contribution in [3.05, 3.63) is 58.9 Å². The zero-order valence-electron chi connectivity index (χ0n) is 16.1. The normalized spacial score (nSPS) is 15.3. The van der Waals surface area contributed by atoms with E-state index in [1.165, 1.54) is 4.70 Å². The van der Waals surface area contributed by atoms with Gasteiger partial charge in [-0.25, -0.2) is 4.98 Å². The highest BCUT2D eigenvalue weighted by molar-refractivity contribution is 7.18. The minimum Gasteiger partial charge on any atom is -0.460 e. The second-order valence-electron chi connectivity index (χ2n) is 7.22. The number of hydrogen-bond donors (Lipinski definition) is 1. The number of carbonyl (C=O) groups excluding carboxylic acids is 1. The third kappa shape index (κ3) is 3.68. The minimum atomic E-state index is -0.0459. The van der Waals surface area contributed by atoms with Crippen molar-refractivity contribution in [2.75, 3.05) is 26.2 Å². The molecule has 0 bridgehead atoms. The number of benzene rings is 1. The molecule has 1 N–H and O–H groups in total. The van der Waals surface area contributed by atoms with E-state index in [4.69, 9.17) is 9.40 Å². The van der Waals surface area contributed by atoms with Crippen LogP contribution in [0, 0.1) is 6.92 Å². The zero-order chi connectivity index (χ0) is 19.8. The predicted octanol–water partition coefficient (Wildman–Crippen LogP) is 3.55. The van der Waals surface area contributed by atoms with E-state index in [1.807, 2.05) is 42.2 Å². The van der Waals surface area contributed by atoms with Crippen LogP contribution in [0.4, 0.5) is 0 Å². The van der Waals surface area contributed by atoms with E-state index in [-0.39, 0.29) is 5.91 Å². The lowest BCUT2D eigenvalue weighted by Gasteiger charge is -2.33. The fraction of sp³-hybridized carbons (Fsp3) is 0.286. The molecule has 1 fully saturated rings. The number of fused-ring (bicyclic) bond motifs is 1. The molecule has 1 saturated heterocycles. The maximum Gasteiger partial charge on any atom is 0.274 e. The Kier molecular flexibility index (Phi) is 4.65. The van der Waals surface area contributed by atoms with Crippen LogP contribution in [0.2, 0.25) is 0 Å². The number of aromatic nitrogens is 3. The highest BCUT2D eigenvalue weighted by atomic mass is 32.1. The molecule has 0 saturated carbocycles. The number of amides is 1. The van der Waals surface area contributed by atoms with Crippen LogP contribution >= 0.6 is 11.3 Å². The predicted molar refractivity (Wildman–Crippen MR) is 112 cm³/mol. The average Bonchev–Trinajstić information content (AvgIpc) is 3.46. The van der Waals surface area contributed by atoms with E-state index in [1.54, 1.807) is 17.4 Å². The maximum atomic E-state index is 12.8. The first-order valence-electron chi connectivity index (χ1n) is 9.64. The first-order valence-corrected chi connectivity index (χ1v) is 10.5. The molecule has 1 aliphatic heterocycles. The van der Waals surface area contributed by atoms with Gasteiger partial charge in [0.2, 0.25) is 0 Å². The zero-order valence-corrected chi connectivity index (χ0v) is 16.9. The molecule has 148 valence electrons. The first-order chi connectivity index (χ1) is 14.2. The molecular weight excluding hydrogens is 386 g/mol.